The lowest BCUT2D eigenvalue weighted by atomic mass is 10.3. The number of nitrogens with two attached hydrogens (primary N) is 1. The lowest BCUT2D eigenvalue weighted by molar-refractivity contribution is 0.425. The molecule has 0 unspecified atom stereocenters. The Morgan fingerprint density at radius 2 is 2.24 bits per heavy atom. The van der Waals surface area contributed by atoms with Crippen LogP contribution in [0.15, 0.2) is 34.2 Å². The van der Waals surface area contributed by atoms with Crippen LogP contribution in [0.2, 0.25) is 0 Å². The van der Waals surface area contributed by atoms with Crippen molar-refractivity contribution in [2.24, 2.45) is 0 Å². The number of nitrogens with zero attached hydrogens (tertiary/aromatic N) is 2. The minimum Gasteiger partial charge on any atom is -0.391 e. The zero-order valence-electron chi connectivity index (χ0n) is 8.79. The van der Waals surface area contributed by atoms with Crippen LogP contribution >= 0.6 is 22.7 Å². The third-order valence-corrected chi connectivity index (χ3v) is 4.00. The summed E-state index contributed by atoms with van der Waals surface area (Å²) >= 11 is 3.13. The largest absolute Gasteiger partial charge is 0.391 e. The maximum atomic E-state index is 5.66. The molecular weight excluding hydrogens is 254 g/mol. The van der Waals surface area contributed by atoms with Crippen molar-refractivity contribution in [3.63, 3.8) is 0 Å². The van der Waals surface area contributed by atoms with Crippen molar-refractivity contribution >= 4 is 27.7 Å². The first-order valence-electron chi connectivity index (χ1n) is 5.02. The molecule has 17 heavy (non-hydrogen) atoms. The van der Waals surface area contributed by atoms with Crippen LogP contribution in [0.3, 0.4) is 0 Å². The highest BCUT2D eigenvalue weighted by molar-refractivity contribution is 7.19. The van der Waals surface area contributed by atoms with Gasteiger partial charge in [0.2, 0.25) is 0 Å². The molecule has 3 aromatic rings. The second kappa shape index (κ2) is 4.31. The van der Waals surface area contributed by atoms with E-state index < -0.39 is 0 Å². The van der Waals surface area contributed by atoms with Gasteiger partial charge in [0.15, 0.2) is 5.82 Å². The van der Waals surface area contributed by atoms with Crippen LogP contribution in [0.5, 0.6) is 0 Å². The van der Waals surface area contributed by atoms with Gasteiger partial charge in [0.1, 0.15) is 0 Å². The van der Waals surface area contributed by atoms with E-state index >= 15 is 0 Å². The van der Waals surface area contributed by atoms with Crippen LogP contribution < -0.4 is 5.73 Å². The first-order chi connectivity index (χ1) is 8.31. The van der Waals surface area contributed by atoms with Crippen LogP contribution in [0.4, 0.5) is 5.00 Å². The maximum absolute atomic E-state index is 5.66. The van der Waals surface area contributed by atoms with E-state index in [9.17, 15) is 0 Å². The molecule has 6 heteroatoms. The molecule has 4 nitrogen and oxygen atoms in total. The number of thiophene rings is 2. The summed E-state index contributed by atoms with van der Waals surface area (Å²) in [6.45, 7) is 0. The van der Waals surface area contributed by atoms with E-state index in [4.69, 9.17) is 10.3 Å². The lowest BCUT2D eigenvalue weighted by Crippen LogP contribution is -1.86. The number of rotatable bonds is 3. The van der Waals surface area contributed by atoms with Gasteiger partial charge in [-0.3, -0.25) is 0 Å². The van der Waals surface area contributed by atoms with Gasteiger partial charge in [0.05, 0.1) is 9.88 Å². The molecule has 0 aliphatic heterocycles. The summed E-state index contributed by atoms with van der Waals surface area (Å²) in [7, 11) is 0. The first-order valence-corrected chi connectivity index (χ1v) is 6.71. The average molecular weight is 263 g/mol. The topological polar surface area (TPSA) is 64.9 Å². The number of hydrogen-bond acceptors (Lipinski definition) is 6. The Bertz CT molecular complexity index is 612. The monoisotopic (exact) mass is 263 g/mol. The summed E-state index contributed by atoms with van der Waals surface area (Å²) in [5, 5.41) is 6.75. The van der Waals surface area contributed by atoms with Crippen LogP contribution in [-0.2, 0) is 6.42 Å². The molecule has 0 aromatic carbocycles. The third kappa shape index (κ3) is 2.22. The van der Waals surface area contributed by atoms with Crippen molar-refractivity contribution in [3.05, 3.63) is 40.3 Å². The van der Waals surface area contributed by atoms with E-state index in [1.54, 1.807) is 11.3 Å². The van der Waals surface area contributed by atoms with E-state index in [0.717, 1.165) is 9.88 Å². The molecule has 0 saturated carbocycles. The van der Waals surface area contributed by atoms with E-state index in [0.29, 0.717) is 18.1 Å². The quantitative estimate of drug-likeness (QED) is 0.788. The minimum absolute atomic E-state index is 0.540. The van der Waals surface area contributed by atoms with Gasteiger partial charge in [-0.25, -0.2) is 0 Å². The molecule has 0 aliphatic rings. The van der Waals surface area contributed by atoms with Gasteiger partial charge in [-0.15, -0.1) is 22.7 Å². The third-order valence-electron chi connectivity index (χ3n) is 2.22. The van der Waals surface area contributed by atoms with Crippen LogP contribution in [-0.4, -0.2) is 10.1 Å². The van der Waals surface area contributed by atoms with E-state index in [-0.39, 0.29) is 0 Å². The van der Waals surface area contributed by atoms with Gasteiger partial charge in [-0.05, 0) is 23.6 Å². The smallest absolute Gasteiger partial charge is 0.268 e. The fraction of sp³-hybridized carbons (Fsp3) is 0.0909. The second-order valence-corrected chi connectivity index (χ2v) is 5.62. The van der Waals surface area contributed by atoms with E-state index in [1.165, 1.54) is 16.2 Å². The Balaban J connectivity index is 1.83. The SMILES string of the molecule is Nc1ccc(-c2nc(Cc3cccs3)no2)s1. The van der Waals surface area contributed by atoms with Crippen LogP contribution in [0.25, 0.3) is 10.8 Å². The molecular formula is C11H9N3OS2. The number of aromatic nitrogens is 2. The highest BCUT2D eigenvalue weighted by Gasteiger charge is 2.11. The first kappa shape index (κ1) is 10.5. The average Bonchev–Trinajstić information content (AvgIpc) is 2.99. The Morgan fingerprint density at radius 3 is 2.94 bits per heavy atom. The molecule has 2 N–H and O–H groups in total. The van der Waals surface area contributed by atoms with Gasteiger partial charge in [0.25, 0.3) is 5.89 Å². The summed E-state index contributed by atoms with van der Waals surface area (Å²) in [6.07, 6.45) is 0.710. The summed E-state index contributed by atoms with van der Waals surface area (Å²) in [5.41, 5.74) is 5.66. The number of anilines is 1. The molecule has 0 radical (unpaired) electrons. The van der Waals surface area contributed by atoms with Gasteiger partial charge in [0, 0.05) is 11.3 Å². The molecule has 0 aliphatic carbocycles. The van der Waals surface area contributed by atoms with Crippen molar-refractivity contribution < 1.29 is 4.52 Å². The second-order valence-electron chi connectivity index (χ2n) is 3.47. The van der Waals surface area contributed by atoms with Crippen molar-refractivity contribution in [3.8, 4) is 10.8 Å². The fourth-order valence-corrected chi connectivity index (χ4v) is 2.86. The fourth-order valence-electron chi connectivity index (χ4n) is 1.46. The normalized spacial score (nSPS) is 10.8. The van der Waals surface area contributed by atoms with Crippen molar-refractivity contribution in [2.45, 2.75) is 6.42 Å². The summed E-state index contributed by atoms with van der Waals surface area (Å²) in [6, 6.07) is 7.80. The Morgan fingerprint density at radius 1 is 1.29 bits per heavy atom. The lowest BCUT2D eigenvalue weighted by Gasteiger charge is -1.87. The molecule has 3 rings (SSSR count). The van der Waals surface area contributed by atoms with Crippen molar-refractivity contribution in [2.75, 3.05) is 5.73 Å². The zero-order chi connectivity index (χ0) is 11.7. The number of nitrogen functional groups attached to an aromatic ring is 1. The molecule has 0 fully saturated rings. The summed E-state index contributed by atoms with van der Waals surface area (Å²) in [5.74, 6) is 1.24. The Labute approximate surface area is 106 Å². The molecule has 86 valence electrons. The highest BCUT2D eigenvalue weighted by Crippen LogP contribution is 2.28. The van der Waals surface area contributed by atoms with E-state index in [2.05, 4.69) is 16.2 Å². The van der Waals surface area contributed by atoms with E-state index in [1.807, 2.05) is 23.6 Å². The predicted molar refractivity (Wildman–Crippen MR) is 69.1 cm³/mol. The van der Waals surface area contributed by atoms with Gasteiger partial charge in [-0.2, -0.15) is 4.98 Å². The van der Waals surface area contributed by atoms with Crippen LogP contribution in [0, 0.1) is 0 Å². The molecule has 0 atom stereocenters. The van der Waals surface area contributed by atoms with Gasteiger partial charge >= 0.3 is 0 Å². The number of hydrogen-bond donors (Lipinski definition) is 1. The zero-order valence-corrected chi connectivity index (χ0v) is 10.4. The Kier molecular flexibility index (Phi) is 2.66. The van der Waals surface area contributed by atoms with Gasteiger partial charge in [-0.1, -0.05) is 11.2 Å². The molecule has 0 spiro atoms. The standard InChI is InChI=1S/C11H9N3OS2/c12-9-4-3-8(17-9)11-13-10(14-15-11)6-7-2-1-5-16-7/h1-5H,6,12H2. The molecule has 0 bridgehead atoms. The minimum atomic E-state index is 0.540. The van der Waals surface area contributed by atoms with Crippen LogP contribution in [0.1, 0.15) is 10.7 Å². The van der Waals surface area contributed by atoms with Crippen molar-refractivity contribution in [1.29, 1.82) is 0 Å². The van der Waals surface area contributed by atoms with Crippen molar-refractivity contribution in [1.82, 2.24) is 10.1 Å². The summed E-state index contributed by atoms with van der Waals surface area (Å²) in [4.78, 5) is 6.49. The predicted octanol–water partition coefficient (Wildman–Crippen LogP) is 3.03. The van der Waals surface area contributed by atoms with Gasteiger partial charge < -0.3 is 10.3 Å². The molecule has 0 saturated heterocycles. The Hall–Kier alpha value is -1.66. The summed E-state index contributed by atoms with van der Waals surface area (Å²) < 4.78 is 5.21. The highest BCUT2D eigenvalue weighted by atomic mass is 32.1. The molecule has 0 amide bonds. The molecule has 3 heterocycles. The molecule has 3 aromatic heterocycles. The maximum Gasteiger partial charge on any atom is 0.268 e.